The highest BCUT2D eigenvalue weighted by Crippen LogP contribution is 2.33. The van der Waals surface area contributed by atoms with Crippen LogP contribution in [0.5, 0.6) is 5.75 Å². The van der Waals surface area contributed by atoms with Crippen molar-refractivity contribution in [3.63, 3.8) is 0 Å². The number of hydrogen-bond acceptors (Lipinski definition) is 6. The van der Waals surface area contributed by atoms with Crippen molar-refractivity contribution in [3.8, 4) is 5.75 Å². The third-order valence-electron chi connectivity index (χ3n) is 4.50. The Morgan fingerprint density at radius 2 is 1.61 bits per heavy atom. The zero-order chi connectivity index (χ0) is 24.3. The molecule has 0 spiro atoms. The summed E-state index contributed by atoms with van der Waals surface area (Å²) < 4.78 is 55.2. The number of nitrogens with zero attached hydrogens (tertiary/aromatic N) is 2. The lowest BCUT2D eigenvalue weighted by Crippen LogP contribution is -2.33. The highest BCUT2D eigenvalue weighted by molar-refractivity contribution is 6.10. The van der Waals surface area contributed by atoms with Crippen LogP contribution in [0.25, 0.3) is 10.8 Å². The number of fused-ring (bicyclic) bond motifs is 1. The predicted octanol–water partition coefficient (Wildman–Crippen LogP) is 5.19. The molecule has 13 heteroatoms. The minimum absolute atomic E-state index is 0.181. The molecule has 0 atom stereocenters. The van der Waals surface area contributed by atoms with E-state index in [1.54, 1.807) is 12.1 Å². The van der Waals surface area contributed by atoms with Crippen LogP contribution in [0.1, 0.15) is 10.4 Å². The topological polar surface area (TPSA) is 125 Å². The van der Waals surface area contributed by atoms with Crippen molar-refractivity contribution in [2.24, 2.45) is 0 Å². The molecular formula is C20H13F4N3O6. The molecule has 0 saturated carbocycles. The molecule has 1 amide bonds. The van der Waals surface area contributed by atoms with Crippen LogP contribution in [0, 0.1) is 20.2 Å². The van der Waals surface area contributed by atoms with Gasteiger partial charge in [-0.05, 0) is 24.3 Å². The monoisotopic (exact) mass is 467 g/mol. The average molecular weight is 467 g/mol. The summed E-state index contributed by atoms with van der Waals surface area (Å²) in [5.41, 5.74) is -1.17. The van der Waals surface area contributed by atoms with Crippen molar-refractivity contribution < 1.29 is 36.9 Å². The number of benzene rings is 3. The number of non-ortho nitro benzene ring substituents is 1. The van der Waals surface area contributed by atoms with Crippen molar-refractivity contribution in [2.75, 3.05) is 11.9 Å². The Bertz CT molecular complexity index is 1250. The van der Waals surface area contributed by atoms with Gasteiger partial charge >= 0.3 is 18.0 Å². The predicted molar refractivity (Wildman–Crippen MR) is 108 cm³/mol. The molecule has 9 nitrogen and oxygen atoms in total. The summed E-state index contributed by atoms with van der Waals surface area (Å²) in [5.74, 6) is -6.10. The van der Waals surface area contributed by atoms with E-state index in [9.17, 15) is 42.6 Å². The lowest BCUT2D eigenvalue weighted by molar-refractivity contribution is -0.386. The van der Waals surface area contributed by atoms with Crippen LogP contribution in [0.2, 0.25) is 0 Å². The molecule has 0 aliphatic rings. The lowest BCUT2D eigenvalue weighted by atomic mass is 10.1. The van der Waals surface area contributed by atoms with Crippen LogP contribution in [0.4, 0.5) is 34.6 Å². The number of hydrogen-bond donors (Lipinski definition) is 1. The minimum atomic E-state index is -4.53. The van der Waals surface area contributed by atoms with E-state index in [4.69, 9.17) is 0 Å². The highest BCUT2D eigenvalue weighted by Gasteiger charge is 2.42. The second-order valence-corrected chi connectivity index (χ2v) is 6.68. The minimum Gasteiger partial charge on any atom is -0.480 e. The Balaban J connectivity index is 1.89. The molecule has 0 bridgehead atoms. The first kappa shape index (κ1) is 23.4. The second-order valence-electron chi connectivity index (χ2n) is 6.68. The highest BCUT2D eigenvalue weighted by atomic mass is 19.3. The maximum absolute atomic E-state index is 13.1. The standard InChI is InChI=1S/C20H13F4N3O6/c21-19(22)20(23,24)10-33-17-8-5-11(9-16(17)27(31)32)18(28)25-14-6-7-15(26(29)30)13-4-2-1-3-12(13)14/h1-9,19H,10H2,(H,25,28). The van der Waals surface area contributed by atoms with Gasteiger partial charge in [0.15, 0.2) is 12.4 Å². The number of carbonyl (C=O) groups is 1. The molecule has 0 aromatic heterocycles. The number of ether oxygens (including phenoxy) is 1. The van der Waals surface area contributed by atoms with Crippen LogP contribution < -0.4 is 10.1 Å². The van der Waals surface area contributed by atoms with Gasteiger partial charge in [-0.3, -0.25) is 25.0 Å². The second kappa shape index (κ2) is 9.06. The van der Waals surface area contributed by atoms with E-state index >= 15 is 0 Å². The molecule has 0 heterocycles. The van der Waals surface area contributed by atoms with E-state index in [2.05, 4.69) is 10.1 Å². The fraction of sp³-hybridized carbons (Fsp3) is 0.150. The van der Waals surface area contributed by atoms with E-state index in [0.29, 0.717) is 5.39 Å². The van der Waals surface area contributed by atoms with Crippen molar-refractivity contribution in [2.45, 2.75) is 12.3 Å². The third kappa shape index (κ3) is 4.97. The number of carbonyl (C=O) groups excluding carboxylic acids is 1. The Morgan fingerprint density at radius 1 is 0.970 bits per heavy atom. The summed E-state index contributed by atoms with van der Waals surface area (Å²) in [7, 11) is 0. The van der Waals surface area contributed by atoms with E-state index in [-0.39, 0.29) is 22.3 Å². The van der Waals surface area contributed by atoms with Gasteiger partial charge in [-0.25, -0.2) is 8.78 Å². The molecule has 3 rings (SSSR count). The molecule has 3 aromatic carbocycles. The molecule has 0 aliphatic heterocycles. The SMILES string of the molecule is O=C(Nc1ccc([N+](=O)[O-])c2ccccc12)c1ccc(OCC(F)(F)C(F)F)c([N+](=O)[O-])c1. The van der Waals surface area contributed by atoms with E-state index < -0.39 is 46.1 Å². The maximum Gasteiger partial charge on any atom is 0.340 e. The zero-order valence-corrected chi connectivity index (χ0v) is 16.3. The summed E-state index contributed by atoms with van der Waals surface area (Å²) in [4.78, 5) is 33.5. The van der Waals surface area contributed by atoms with Gasteiger partial charge in [0, 0.05) is 28.8 Å². The number of rotatable bonds is 8. The largest absolute Gasteiger partial charge is 0.480 e. The van der Waals surface area contributed by atoms with Crippen molar-refractivity contribution in [3.05, 3.63) is 80.4 Å². The molecule has 0 fully saturated rings. The van der Waals surface area contributed by atoms with Gasteiger partial charge in [0.05, 0.1) is 15.2 Å². The first-order chi connectivity index (χ1) is 15.5. The van der Waals surface area contributed by atoms with E-state index in [1.165, 1.54) is 24.3 Å². The van der Waals surface area contributed by atoms with Crippen LogP contribution in [0.15, 0.2) is 54.6 Å². The number of anilines is 1. The maximum atomic E-state index is 13.1. The van der Waals surface area contributed by atoms with Crippen LogP contribution >= 0.6 is 0 Å². The fourth-order valence-corrected chi connectivity index (χ4v) is 2.91. The number of alkyl halides is 4. The van der Waals surface area contributed by atoms with Gasteiger partial charge in [0.2, 0.25) is 0 Å². The number of halogens is 4. The van der Waals surface area contributed by atoms with Crippen molar-refractivity contribution in [1.82, 2.24) is 0 Å². The smallest absolute Gasteiger partial charge is 0.340 e. The number of nitrogens with one attached hydrogen (secondary N) is 1. The average Bonchev–Trinajstić information content (AvgIpc) is 2.77. The summed E-state index contributed by atoms with van der Waals surface area (Å²) in [6.07, 6.45) is -4.03. The molecule has 3 aromatic rings. The molecule has 0 unspecified atom stereocenters. The normalized spacial score (nSPS) is 11.4. The summed E-state index contributed by atoms with van der Waals surface area (Å²) >= 11 is 0. The lowest BCUT2D eigenvalue weighted by Gasteiger charge is -2.16. The van der Waals surface area contributed by atoms with Gasteiger partial charge < -0.3 is 10.1 Å². The Kier molecular flexibility index (Phi) is 6.42. The summed E-state index contributed by atoms with van der Waals surface area (Å²) in [5, 5.41) is 25.6. The van der Waals surface area contributed by atoms with Gasteiger partial charge in [0.25, 0.3) is 11.6 Å². The fourth-order valence-electron chi connectivity index (χ4n) is 2.91. The Labute approximate surface area is 181 Å². The van der Waals surface area contributed by atoms with Crippen LogP contribution in [-0.2, 0) is 0 Å². The van der Waals surface area contributed by atoms with Crippen molar-refractivity contribution >= 4 is 33.7 Å². The van der Waals surface area contributed by atoms with Gasteiger partial charge in [-0.1, -0.05) is 18.2 Å². The molecule has 0 aliphatic carbocycles. The quantitative estimate of drug-likeness (QED) is 0.276. The van der Waals surface area contributed by atoms with E-state index in [0.717, 1.165) is 18.2 Å². The number of amides is 1. The van der Waals surface area contributed by atoms with Crippen LogP contribution in [-0.4, -0.2) is 34.7 Å². The first-order valence-corrected chi connectivity index (χ1v) is 9.06. The zero-order valence-electron chi connectivity index (χ0n) is 16.3. The summed E-state index contributed by atoms with van der Waals surface area (Å²) in [6.45, 7) is -1.80. The Morgan fingerprint density at radius 3 is 2.21 bits per heavy atom. The molecule has 1 N–H and O–H groups in total. The molecule has 172 valence electrons. The van der Waals surface area contributed by atoms with Gasteiger partial charge in [-0.2, -0.15) is 8.78 Å². The summed E-state index contributed by atoms with van der Waals surface area (Å²) in [6, 6.07) is 11.2. The molecular weight excluding hydrogens is 454 g/mol. The molecule has 0 saturated heterocycles. The van der Waals surface area contributed by atoms with Crippen LogP contribution in [0.3, 0.4) is 0 Å². The van der Waals surface area contributed by atoms with Crippen molar-refractivity contribution in [1.29, 1.82) is 0 Å². The molecule has 0 radical (unpaired) electrons. The molecule has 33 heavy (non-hydrogen) atoms. The van der Waals surface area contributed by atoms with Gasteiger partial charge in [0.1, 0.15) is 0 Å². The number of nitro groups is 2. The van der Waals surface area contributed by atoms with Gasteiger partial charge in [-0.15, -0.1) is 0 Å². The first-order valence-electron chi connectivity index (χ1n) is 9.06. The van der Waals surface area contributed by atoms with E-state index in [1.807, 2.05) is 0 Å². The Hall–Kier alpha value is -4.29. The number of nitro benzene ring substituents is 2. The third-order valence-corrected chi connectivity index (χ3v) is 4.50.